The number of nitrogens with two attached hydrogens (primary N) is 1. The van der Waals surface area contributed by atoms with Crippen molar-refractivity contribution in [3.05, 3.63) is 24.0 Å². The number of aromatic nitrogens is 2. The molecule has 0 bridgehead atoms. The fourth-order valence-electron chi connectivity index (χ4n) is 2.27. The Morgan fingerprint density at radius 3 is 2.42 bits per heavy atom. The van der Waals surface area contributed by atoms with E-state index in [1.165, 1.54) is 12.1 Å². The van der Waals surface area contributed by atoms with E-state index in [4.69, 9.17) is 5.14 Å². The van der Waals surface area contributed by atoms with Gasteiger partial charge in [-0.3, -0.25) is 0 Å². The number of imidazole rings is 1. The molecular weight excluding hydrogens is 262 g/mol. The van der Waals surface area contributed by atoms with Crippen LogP contribution in [0, 0.1) is 0 Å². The Morgan fingerprint density at radius 2 is 1.95 bits per heavy atom. The molecule has 0 unspecified atom stereocenters. The van der Waals surface area contributed by atoms with Gasteiger partial charge in [0.15, 0.2) is 0 Å². The van der Waals surface area contributed by atoms with Gasteiger partial charge in [0.1, 0.15) is 5.82 Å². The van der Waals surface area contributed by atoms with Gasteiger partial charge in [-0.05, 0) is 39.0 Å². The molecule has 1 aromatic heterocycles. The van der Waals surface area contributed by atoms with Crippen molar-refractivity contribution in [3.63, 3.8) is 0 Å². The molecule has 0 aliphatic carbocycles. The smallest absolute Gasteiger partial charge is 0.238 e. The molecule has 1 aromatic carbocycles. The molecule has 0 radical (unpaired) electrons. The highest BCUT2D eigenvalue weighted by atomic mass is 32.2. The minimum Gasteiger partial charge on any atom is -0.323 e. The molecule has 104 valence electrons. The van der Waals surface area contributed by atoms with Crippen molar-refractivity contribution in [3.8, 4) is 0 Å². The molecular formula is C13H19N3O2S. The van der Waals surface area contributed by atoms with Gasteiger partial charge in [0, 0.05) is 12.0 Å². The Morgan fingerprint density at radius 1 is 1.32 bits per heavy atom. The molecule has 1 heterocycles. The molecule has 0 aliphatic rings. The number of hydrogen-bond acceptors (Lipinski definition) is 3. The number of rotatable bonds is 2. The monoisotopic (exact) mass is 281 g/mol. The van der Waals surface area contributed by atoms with Gasteiger partial charge in [0.2, 0.25) is 10.0 Å². The summed E-state index contributed by atoms with van der Waals surface area (Å²) < 4.78 is 24.9. The van der Waals surface area contributed by atoms with Crippen LogP contribution in [0.3, 0.4) is 0 Å². The van der Waals surface area contributed by atoms with Gasteiger partial charge in [0.25, 0.3) is 0 Å². The lowest BCUT2D eigenvalue weighted by molar-refractivity contribution is 0.395. The Bertz CT molecular complexity index is 724. The van der Waals surface area contributed by atoms with Gasteiger partial charge in [-0.25, -0.2) is 18.5 Å². The summed E-state index contributed by atoms with van der Waals surface area (Å²) in [7, 11) is -3.69. The maximum atomic E-state index is 11.4. The van der Waals surface area contributed by atoms with Crippen LogP contribution in [0.25, 0.3) is 11.0 Å². The predicted octanol–water partition coefficient (Wildman–Crippen LogP) is 2.00. The summed E-state index contributed by atoms with van der Waals surface area (Å²) >= 11 is 0. The largest absolute Gasteiger partial charge is 0.323 e. The van der Waals surface area contributed by atoms with Crippen LogP contribution < -0.4 is 5.14 Å². The molecule has 2 N–H and O–H groups in total. The zero-order valence-corrected chi connectivity index (χ0v) is 12.5. The van der Waals surface area contributed by atoms with E-state index >= 15 is 0 Å². The van der Waals surface area contributed by atoms with Crippen LogP contribution in [-0.2, 0) is 22.0 Å². The standard InChI is InChI=1S/C13H19N3O2S/c1-5-12-15-10-8-9(19(14,17)18)6-7-11(10)16(12)13(2,3)4/h6-8H,5H2,1-4H3,(H2,14,17,18). The maximum absolute atomic E-state index is 11.4. The van der Waals surface area contributed by atoms with Gasteiger partial charge in [-0.15, -0.1) is 0 Å². The van der Waals surface area contributed by atoms with E-state index in [0.717, 1.165) is 17.8 Å². The predicted molar refractivity (Wildman–Crippen MR) is 75.5 cm³/mol. The average Bonchev–Trinajstić information content (AvgIpc) is 2.64. The number of aryl methyl sites for hydroxylation is 1. The number of sulfonamides is 1. The number of primary sulfonamides is 1. The lowest BCUT2D eigenvalue weighted by Gasteiger charge is -2.24. The quantitative estimate of drug-likeness (QED) is 0.914. The van der Waals surface area contributed by atoms with Gasteiger partial charge >= 0.3 is 0 Å². The SMILES string of the molecule is CCc1nc2cc(S(N)(=O)=O)ccc2n1C(C)(C)C. The number of benzene rings is 1. The molecule has 0 spiro atoms. The van der Waals surface area contributed by atoms with Crippen molar-refractivity contribution in [2.45, 2.75) is 44.6 Å². The highest BCUT2D eigenvalue weighted by Crippen LogP contribution is 2.26. The summed E-state index contributed by atoms with van der Waals surface area (Å²) in [6, 6.07) is 4.83. The van der Waals surface area contributed by atoms with E-state index in [2.05, 4.69) is 30.3 Å². The molecule has 2 rings (SSSR count). The number of nitrogens with zero attached hydrogens (tertiary/aromatic N) is 2. The Balaban J connectivity index is 2.79. The fourth-order valence-corrected chi connectivity index (χ4v) is 2.81. The number of fused-ring (bicyclic) bond motifs is 1. The summed E-state index contributed by atoms with van der Waals surface area (Å²) in [6.45, 7) is 8.33. The second-order valence-corrected chi connectivity index (χ2v) is 7.14. The minimum atomic E-state index is -3.69. The van der Waals surface area contributed by atoms with Crippen LogP contribution in [0.2, 0.25) is 0 Å². The summed E-state index contributed by atoms with van der Waals surface area (Å²) in [4.78, 5) is 4.61. The molecule has 6 heteroatoms. The zero-order chi connectivity index (χ0) is 14.4. The van der Waals surface area contributed by atoms with Gasteiger partial charge in [-0.2, -0.15) is 0 Å². The van der Waals surface area contributed by atoms with E-state index in [0.29, 0.717) is 5.52 Å². The van der Waals surface area contributed by atoms with Crippen molar-refractivity contribution in [1.82, 2.24) is 9.55 Å². The van der Waals surface area contributed by atoms with E-state index < -0.39 is 10.0 Å². The Hall–Kier alpha value is -1.40. The van der Waals surface area contributed by atoms with Crippen molar-refractivity contribution in [1.29, 1.82) is 0 Å². The van der Waals surface area contributed by atoms with Crippen LogP contribution in [-0.4, -0.2) is 18.0 Å². The first kappa shape index (κ1) is 14.0. The van der Waals surface area contributed by atoms with Crippen LogP contribution in [0.1, 0.15) is 33.5 Å². The van der Waals surface area contributed by atoms with Gasteiger partial charge < -0.3 is 4.57 Å². The zero-order valence-electron chi connectivity index (χ0n) is 11.6. The molecule has 19 heavy (non-hydrogen) atoms. The third kappa shape index (κ3) is 2.50. The highest BCUT2D eigenvalue weighted by molar-refractivity contribution is 7.89. The molecule has 0 aliphatic heterocycles. The lowest BCUT2D eigenvalue weighted by Crippen LogP contribution is -2.23. The summed E-state index contributed by atoms with van der Waals surface area (Å²) in [5, 5.41) is 5.15. The number of hydrogen-bond donors (Lipinski definition) is 1. The topological polar surface area (TPSA) is 78.0 Å². The lowest BCUT2D eigenvalue weighted by atomic mass is 10.1. The van der Waals surface area contributed by atoms with E-state index in [1.54, 1.807) is 6.07 Å². The van der Waals surface area contributed by atoms with Crippen LogP contribution in [0.5, 0.6) is 0 Å². The molecule has 0 atom stereocenters. The third-order valence-electron chi connectivity index (χ3n) is 3.01. The van der Waals surface area contributed by atoms with E-state index in [1.807, 2.05) is 6.92 Å². The first-order valence-corrected chi connectivity index (χ1v) is 7.74. The third-order valence-corrected chi connectivity index (χ3v) is 3.92. The molecule has 0 amide bonds. The molecule has 2 aromatic rings. The van der Waals surface area contributed by atoms with Crippen LogP contribution in [0.4, 0.5) is 0 Å². The molecule has 0 saturated carbocycles. The van der Waals surface area contributed by atoms with Crippen molar-refractivity contribution < 1.29 is 8.42 Å². The summed E-state index contributed by atoms with van der Waals surface area (Å²) in [5.41, 5.74) is 1.48. The van der Waals surface area contributed by atoms with Crippen LogP contribution >= 0.6 is 0 Å². The van der Waals surface area contributed by atoms with Gasteiger partial charge in [-0.1, -0.05) is 6.92 Å². The second-order valence-electron chi connectivity index (χ2n) is 5.58. The van der Waals surface area contributed by atoms with Crippen molar-refractivity contribution in [2.75, 3.05) is 0 Å². The first-order chi connectivity index (χ1) is 8.64. The summed E-state index contributed by atoms with van der Waals surface area (Å²) in [5.74, 6) is 0.939. The molecule has 0 fully saturated rings. The highest BCUT2D eigenvalue weighted by Gasteiger charge is 2.21. The maximum Gasteiger partial charge on any atom is 0.238 e. The fraction of sp³-hybridized carbons (Fsp3) is 0.462. The van der Waals surface area contributed by atoms with Crippen LogP contribution in [0.15, 0.2) is 23.1 Å². The Kier molecular flexibility index (Phi) is 3.18. The normalized spacial score (nSPS) is 13.1. The van der Waals surface area contributed by atoms with Crippen molar-refractivity contribution >= 4 is 21.1 Å². The average molecular weight is 281 g/mol. The summed E-state index contributed by atoms with van der Waals surface area (Å²) in [6.07, 6.45) is 0.788. The molecule has 5 nitrogen and oxygen atoms in total. The molecule has 0 saturated heterocycles. The van der Waals surface area contributed by atoms with Gasteiger partial charge in [0.05, 0.1) is 15.9 Å². The Labute approximate surface area is 113 Å². The first-order valence-electron chi connectivity index (χ1n) is 6.19. The van der Waals surface area contributed by atoms with Crippen molar-refractivity contribution in [2.24, 2.45) is 5.14 Å². The second kappa shape index (κ2) is 4.31. The minimum absolute atomic E-state index is 0.0983. The van der Waals surface area contributed by atoms with E-state index in [9.17, 15) is 8.42 Å². The van der Waals surface area contributed by atoms with E-state index in [-0.39, 0.29) is 10.4 Å².